The molecular weight excluding hydrogens is 296 g/mol. The number of carbonyl (C=O) groups excluding carboxylic acids is 1. The topological polar surface area (TPSA) is 44.9 Å². The molecule has 112 valence electrons. The van der Waals surface area contributed by atoms with Crippen LogP contribution in [0.5, 0.6) is 0 Å². The lowest BCUT2D eigenvalue weighted by atomic mass is 9.91. The standard InChI is InChI=1S/C18H17ClN2O/c1-12(22)20-10-15(13-6-2-4-8-17(13)19)16-11-21-18-9-5-3-7-14(16)18/h2-9,11,15,21H,10H2,1H3,(H,20,22)/t15-/m0/s1. The van der Waals surface area contributed by atoms with E-state index in [2.05, 4.69) is 16.4 Å². The van der Waals surface area contributed by atoms with Gasteiger partial charge >= 0.3 is 0 Å². The van der Waals surface area contributed by atoms with Crippen LogP contribution >= 0.6 is 11.6 Å². The predicted octanol–water partition coefficient (Wildman–Crippen LogP) is 4.09. The molecular formula is C18H17ClN2O. The smallest absolute Gasteiger partial charge is 0.216 e. The Morgan fingerprint density at radius 1 is 1.14 bits per heavy atom. The molecule has 0 radical (unpaired) electrons. The normalized spacial score (nSPS) is 12.3. The van der Waals surface area contributed by atoms with E-state index in [1.165, 1.54) is 6.92 Å². The molecule has 3 nitrogen and oxygen atoms in total. The first-order valence-electron chi connectivity index (χ1n) is 7.21. The maximum atomic E-state index is 11.3. The maximum Gasteiger partial charge on any atom is 0.216 e. The van der Waals surface area contributed by atoms with Gasteiger partial charge in [0.25, 0.3) is 0 Å². The summed E-state index contributed by atoms with van der Waals surface area (Å²) in [6.45, 7) is 2.04. The fourth-order valence-electron chi connectivity index (χ4n) is 2.77. The molecule has 0 unspecified atom stereocenters. The number of benzene rings is 2. The van der Waals surface area contributed by atoms with Crippen LogP contribution in [0.3, 0.4) is 0 Å². The second-order valence-corrected chi connectivity index (χ2v) is 5.71. The molecule has 1 heterocycles. The summed E-state index contributed by atoms with van der Waals surface area (Å²) in [5, 5.41) is 4.77. The molecule has 0 fully saturated rings. The van der Waals surface area contributed by atoms with E-state index < -0.39 is 0 Å². The first kappa shape index (κ1) is 14.7. The van der Waals surface area contributed by atoms with Gasteiger partial charge in [-0.25, -0.2) is 0 Å². The molecule has 2 N–H and O–H groups in total. The highest BCUT2D eigenvalue weighted by molar-refractivity contribution is 6.31. The number of para-hydroxylation sites is 1. The van der Waals surface area contributed by atoms with Crippen LogP contribution in [0.1, 0.15) is 24.0 Å². The van der Waals surface area contributed by atoms with E-state index >= 15 is 0 Å². The highest BCUT2D eigenvalue weighted by Crippen LogP contribution is 2.33. The van der Waals surface area contributed by atoms with Gasteiger partial charge in [0.1, 0.15) is 0 Å². The number of amides is 1. The zero-order valence-corrected chi connectivity index (χ0v) is 13.0. The Morgan fingerprint density at radius 3 is 2.64 bits per heavy atom. The first-order chi connectivity index (χ1) is 10.7. The third-order valence-corrected chi connectivity index (χ3v) is 4.18. The zero-order valence-electron chi connectivity index (χ0n) is 12.3. The summed E-state index contributed by atoms with van der Waals surface area (Å²) in [6.07, 6.45) is 2.00. The lowest BCUT2D eigenvalue weighted by molar-refractivity contribution is -0.118. The molecule has 4 heteroatoms. The largest absolute Gasteiger partial charge is 0.361 e. The maximum absolute atomic E-state index is 11.3. The van der Waals surface area contributed by atoms with Crippen LogP contribution < -0.4 is 5.32 Å². The molecule has 0 aliphatic heterocycles. The Bertz CT molecular complexity index is 809. The Labute approximate surface area is 134 Å². The van der Waals surface area contributed by atoms with Crippen LogP contribution in [-0.2, 0) is 4.79 Å². The number of carbonyl (C=O) groups is 1. The third-order valence-electron chi connectivity index (χ3n) is 3.83. The molecule has 2 aromatic carbocycles. The van der Waals surface area contributed by atoms with Gasteiger partial charge in [0.2, 0.25) is 5.91 Å². The van der Waals surface area contributed by atoms with E-state index in [0.29, 0.717) is 11.6 Å². The minimum atomic E-state index is -0.0445. The Morgan fingerprint density at radius 2 is 1.86 bits per heavy atom. The number of hydrogen-bond donors (Lipinski definition) is 2. The molecule has 0 aliphatic rings. The van der Waals surface area contributed by atoms with E-state index in [0.717, 1.165) is 22.0 Å². The van der Waals surface area contributed by atoms with Crippen molar-refractivity contribution < 1.29 is 4.79 Å². The van der Waals surface area contributed by atoms with Crippen molar-refractivity contribution in [2.75, 3.05) is 6.54 Å². The highest BCUT2D eigenvalue weighted by Gasteiger charge is 2.20. The third kappa shape index (κ3) is 2.85. The van der Waals surface area contributed by atoms with Crippen LogP contribution in [0, 0.1) is 0 Å². The molecule has 3 aromatic rings. The lowest BCUT2D eigenvalue weighted by Gasteiger charge is -2.19. The summed E-state index contributed by atoms with van der Waals surface area (Å²) in [7, 11) is 0. The van der Waals surface area contributed by atoms with Gasteiger partial charge in [-0.15, -0.1) is 0 Å². The van der Waals surface area contributed by atoms with E-state index in [1.807, 2.05) is 48.7 Å². The lowest BCUT2D eigenvalue weighted by Crippen LogP contribution is -2.26. The zero-order chi connectivity index (χ0) is 15.5. The van der Waals surface area contributed by atoms with Gasteiger partial charge in [-0.1, -0.05) is 48.0 Å². The monoisotopic (exact) mass is 312 g/mol. The van der Waals surface area contributed by atoms with Crippen LogP contribution in [-0.4, -0.2) is 17.4 Å². The summed E-state index contributed by atoms with van der Waals surface area (Å²) in [4.78, 5) is 14.6. The summed E-state index contributed by atoms with van der Waals surface area (Å²) in [5.41, 5.74) is 3.23. The summed E-state index contributed by atoms with van der Waals surface area (Å²) in [6, 6.07) is 15.9. The summed E-state index contributed by atoms with van der Waals surface area (Å²) >= 11 is 6.38. The molecule has 0 saturated heterocycles. The fourth-order valence-corrected chi connectivity index (χ4v) is 3.04. The van der Waals surface area contributed by atoms with E-state index in [4.69, 9.17) is 11.6 Å². The molecule has 0 aliphatic carbocycles. The number of H-pyrrole nitrogens is 1. The second-order valence-electron chi connectivity index (χ2n) is 5.30. The van der Waals surface area contributed by atoms with Crippen LogP contribution in [0.4, 0.5) is 0 Å². The van der Waals surface area contributed by atoms with Gasteiger partial charge in [0.15, 0.2) is 0 Å². The molecule has 22 heavy (non-hydrogen) atoms. The molecule has 1 amide bonds. The molecule has 0 saturated carbocycles. The van der Waals surface area contributed by atoms with Crippen molar-refractivity contribution in [1.82, 2.24) is 10.3 Å². The van der Waals surface area contributed by atoms with Crippen molar-refractivity contribution in [3.63, 3.8) is 0 Å². The SMILES string of the molecule is CC(=O)NC[C@@H](c1ccccc1Cl)c1c[nH]c2ccccc12. The van der Waals surface area contributed by atoms with Crippen LogP contribution in [0.15, 0.2) is 54.7 Å². The molecule has 1 aromatic heterocycles. The average molecular weight is 313 g/mol. The van der Waals surface area contributed by atoms with E-state index in [-0.39, 0.29) is 11.8 Å². The van der Waals surface area contributed by atoms with Gasteiger partial charge in [-0.05, 0) is 23.3 Å². The number of fused-ring (bicyclic) bond motifs is 1. The first-order valence-corrected chi connectivity index (χ1v) is 7.59. The highest BCUT2D eigenvalue weighted by atomic mass is 35.5. The second kappa shape index (κ2) is 6.24. The number of halogens is 1. The van der Waals surface area contributed by atoms with Crippen molar-refractivity contribution in [2.24, 2.45) is 0 Å². The summed E-state index contributed by atoms with van der Waals surface area (Å²) < 4.78 is 0. The molecule has 0 spiro atoms. The van der Waals surface area contributed by atoms with Gasteiger partial charge in [0, 0.05) is 41.5 Å². The molecule has 1 atom stereocenters. The van der Waals surface area contributed by atoms with Crippen molar-refractivity contribution >= 4 is 28.4 Å². The number of rotatable bonds is 4. The molecule has 0 bridgehead atoms. The summed E-state index contributed by atoms with van der Waals surface area (Å²) in [5.74, 6) is -0.0364. The van der Waals surface area contributed by atoms with Crippen molar-refractivity contribution in [2.45, 2.75) is 12.8 Å². The number of aromatic amines is 1. The van der Waals surface area contributed by atoms with Crippen LogP contribution in [0.25, 0.3) is 10.9 Å². The van der Waals surface area contributed by atoms with Crippen molar-refractivity contribution in [3.05, 3.63) is 70.9 Å². The quantitative estimate of drug-likeness (QED) is 0.749. The van der Waals surface area contributed by atoms with Crippen molar-refractivity contribution in [1.29, 1.82) is 0 Å². The number of nitrogens with one attached hydrogen (secondary N) is 2. The Kier molecular flexibility index (Phi) is 4.16. The van der Waals surface area contributed by atoms with Crippen LogP contribution in [0.2, 0.25) is 5.02 Å². The number of hydrogen-bond acceptors (Lipinski definition) is 1. The van der Waals surface area contributed by atoms with Gasteiger partial charge in [0.05, 0.1) is 0 Å². The minimum absolute atomic E-state index is 0.00810. The minimum Gasteiger partial charge on any atom is -0.361 e. The van der Waals surface area contributed by atoms with E-state index in [9.17, 15) is 4.79 Å². The van der Waals surface area contributed by atoms with E-state index in [1.54, 1.807) is 0 Å². The van der Waals surface area contributed by atoms with Gasteiger partial charge in [-0.2, -0.15) is 0 Å². The van der Waals surface area contributed by atoms with Gasteiger partial charge in [-0.3, -0.25) is 4.79 Å². The predicted molar refractivity (Wildman–Crippen MR) is 90.3 cm³/mol. The Hall–Kier alpha value is -2.26. The van der Waals surface area contributed by atoms with Crippen molar-refractivity contribution in [3.8, 4) is 0 Å². The number of aromatic nitrogens is 1. The average Bonchev–Trinajstić information content (AvgIpc) is 2.93. The Balaban J connectivity index is 2.09. The van der Waals surface area contributed by atoms with Gasteiger partial charge < -0.3 is 10.3 Å². The fraction of sp³-hybridized carbons (Fsp3) is 0.167. The molecule has 3 rings (SSSR count).